The molecule has 0 fully saturated rings. The van der Waals surface area contributed by atoms with E-state index >= 15 is 0 Å². The molecule has 0 radical (unpaired) electrons. The SMILES string of the molecule is CCCCC/C=C\C/C=C\C/C=C\CCCCCCCCC(=O)OC(COCCCCCCCCCCCCCCCCCCCCCCCCCC)COP(=O)(O)OCCN. The van der Waals surface area contributed by atoms with E-state index in [0.29, 0.717) is 13.0 Å². The summed E-state index contributed by atoms with van der Waals surface area (Å²) in [5.41, 5.74) is 5.39. The van der Waals surface area contributed by atoms with Crippen LogP contribution >= 0.6 is 7.82 Å². The summed E-state index contributed by atoms with van der Waals surface area (Å²) in [6.45, 7) is 4.93. The highest BCUT2D eigenvalue weighted by Gasteiger charge is 2.25. The summed E-state index contributed by atoms with van der Waals surface area (Å²) < 4.78 is 33.6. The molecular weight excluding hydrogens is 794 g/mol. The molecule has 9 heteroatoms. The maximum Gasteiger partial charge on any atom is 0.472 e. The second-order valence-corrected chi connectivity index (χ2v) is 19.2. The molecule has 0 aliphatic carbocycles. The molecule has 0 saturated heterocycles. The quantitative estimate of drug-likeness (QED) is 0.0268. The highest BCUT2D eigenvalue weighted by molar-refractivity contribution is 7.47. The molecule has 0 amide bonds. The summed E-state index contributed by atoms with van der Waals surface area (Å²) in [5.74, 6) is -0.338. The van der Waals surface area contributed by atoms with Gasteiger partial charge >= 0.3 is 13.8 Å². The smallest absolute Gasteiger partial charge is 0.457 e. The third kappa shape index (κ3) is 49.7. The molecule has 0 aliphatic heterocycles. The van der Waals surface area contributed by atoms with E-state index in [1.165, 1.54) is 180 Å². The number of carbonyl (C=O) groups excluding carboxylic acids is 1. The Morgan fingerprint density at radius 1 is 0.484 bits per heavy atom. The van der Waals surface area contributed by atoms with Gasteiger partial charge in [0.1, 0.15) is 6.10 Å². The molecule has 0 aromatic heterocycles. The largest absolute Gasteiger partial charge is 0.472 e. The predicted molar refractivity (Wildman–Crippen MR) is 266 cm³/mol. The van der Waals surface area contributed by atoms with E-state index < -0.39 is 13.9 Å². The summed E-state index contributed by atoms with van der Waals surface area (Å²) in [7, 11) is -4.29. The van der Waals surface area contributed by atoms with Gasteiger partial charge in [-0.25, -0.2) is 4.57 Å². The van der Waals surface area contributed by atoms with Gasteiger partial charge in [-0.2, -0.15) is 0 Å². The van der Waals surface area contributed by atoms with E-state index in [4.69, 9.17) is 24.3 Å². The van der Waals surface area contributed by atoms with Gasteiger partial charge in [-0.05, 0) is 51.4 Å². The van der Waals surface area contributed by atoms with Crippen LogP contribution in [0.5, 0.6) is 0 Å². The molecule has 0 bridgehead atoms. The zero-order valence-corrected chi connectivity index (χ0v) is 41.8. The minimum atomic E-state index is -4.29. The molecule has 0 saturated carbocycles. The molecule has 366 valence electrons. The maximum absolute atomic E-state index is 12.7. The zero-order valence-electron chi connectivity index (χ0n) is 40.9. The summed E-state index contributed by atoms with van der Waals surface area (Å²) in [5, 5.41) is 0. The first-order valence-corrected chi connectivity index (χ1v) is 28.0. The lowest BCUT2D eigenvalue weighted by molar-refractivity contribution is -0.154. The molecule has 0 rings (SSSR count). The van der Waals surface area contributed by atoms with Gasteiger partial charge in [-0.15, -0.1) is 0 Å². The van der Waals surface area contributed by atoms with Crippen LogP contribution in [0.1, 0.15) is 258 Å². The van der Waals surface area contributed by atoms with Crippen molar-refractivity contribution in [1.82, 2.24) is 0 Å². The number of allylic oxidation sites excluding steroid dienone is 6. The topological polar surface area (TPSA) is 117 Å². The van der Waals surface area contributed by atoms with Crippen LogP contribution in [0, 0.1) is 0 Å². The van der Waals surface area contributed by atoms with Crippen LogP contribution in [-0.4, -0.2) is 49.9 Å². The van der Waals surface area contributed by atoms with Crippen molar-refractivity contribution in [2.75, 3.05) is 33.0 Å². The molecule has 0 heterocycles. The van der Waals surface area contributed by atoms with Gasteiger partial charge in [0.2, 0.25) is 0 Å². The standard InChI is InChI=1S/C53H102NO7P/c1-3-5-7-9-11-13-15-17-19-21-23-24-25-26-27-29-31-33-35-37-39-41-43-45-48-58-50-52(51-60-62(56,57)59-49-47-54)61-53(55)46-44-42-40-38-36-34-32-30-28-22-20-18-16-14-12-10-8-6-4-2/h12,14,18,20,28,30,52H,3-11,13,15-17,19,21-27,29,31-51,54H2,1-2H3,(H,56,57)/b14-12-,20-18-,30-28-. The number of nitrogens with two attached hydrogens (primary N) is 1. The van der Waals surface area contributed by atoms with Crippen molar-refractivity contribution in [3.8, 4) is 0 Å². The number of hydrogen-bond acceptors (Lipinski definition) is 7. The Labute approximate surface area is 384 Å². The van der Waals surface area contributed by atoms with Crippen LogP contribution in [0.2, 0.25) is 0 Å². The molecule has 8 nitrogen and oxygen atoms in total. The van der Waals surface area contributed by atoms with Crippen LogP contribution < -0.4 is 5.73 Å². The lowest BCUT2D eigenvalue weighted by Crippen LogP contribution is -2.28. The number of phosphoric ester groups is 1. The summed E-state index contributed by atoms with van der Waals surface area (Å²) in [6, 6.07) is 0. The van der Waals surface area contributed by atoms with E-state index in [2.05, 4.69) is 50.3 Å². The van der Waals surface area contributed by atoms with E-state index in [9.17, 15) is 14.3 Å². The van der Waals surface area contributed by atoms with Gasteiger partial charge in [0.15, 0.2) is 0 Å². The van der Waals surface area contributed by atoms with E-state index in [0.717, 1.165) is 57.8 Å². The van der Waals surface area contributed by atoms with Gasteiger partial charge in [-0.3, -0.25) is 13.8 Å². The Bertz CT molecular complexity index is 1050. The minimum Gasteiger partial charge on any atom is -0.457 e. The second kappa shape index (κ2) is 50.7. The number of carbonyl (C=O) groups is 1. The highest BCUT2D eigenvalue weighted by Crippen LogP contribution is 2.43. The average Bonchev–Trinajstić information content (AvgIpc) is 3.26. The minimum absolute atomic E-state index is 0.0971. The Balaban J connectivity index is 3.90. The Kier molecular flexibility index (Phi) is 49.7. The Hall–Kier alpha value is -1.28. The fourth-order valence-corrected chi connectivity index (χ4v) is 8.42. The van der Waals surface area contributed by atoms with Gasteiger partial charge in [0, 0.05) is 19.6 Å². The summed E-state index contributed by atoms with van der Waals surface area (Å²) >= 11 is 0. The van der Waals surface area contributed by atoms with Crippen molar-refractivity contribution < 1.29 is 32.8 Å². The first-order valence-electron chi connectivity index (χ1n) is 26.5. The van der Waals surface area contributed by atoms with Gasteiger partial charge in [0.05, 0.1) is 19.8 Å². The summed E-state index contributed by atoms with van der Waals surface area (Å²) in [4.78, 5) is 22.6. The van der Waals surface area contributed by atoms with Crippen LogP contribution in [0.15, 0.2) is 36.5 Å². The van der Waals surface area contributed by atoms with Crippen molar-refractivity contribution >= 4 is 13.8 Å². The number of ether oxygens (including phenoxy) is 2. The fraction of sp³-hybridized carbons (Fsp3) is 0.868. The van der Waals surface area contributed by atoms with Crippen molar-refractivity contribution in [1.29, 1.82) is 0 Å². The van der Waals surface area contributed by atoms with Crippen LogP contribution in [-0.2, 0) is 27.9 Å². The zero-order chi connectivity index (χ0) is 45.1. The molecule has 0 spiro atoms. The summed E-state index contributed by atoms with van der Waals surface area (Å²) in [6.07, 6.45) is 60.4. The van der Waals surface area contributed by atoms with Gasteiger partial charge in [0.25, 0.3) is 0 Å². The van der Waals surface area contributed by atoms with Crippen molar-refractivity contribution in [2.45, 2.75) is 264 Å². The third-order valence-electron chi connectivity index (χ3n) is 11.6. The average molecular weight is 896 g/mol. The lowest BCUT2D eigenvalue weighted by Gasteiger charge is -2.20. The normalized spacial score (nSPS) is 13.5. The fourth-order valence-electron chi connectivity index (χ4n) is 7.65. The predicted octanol–water partition coefficient (Wildman–Crippen LogP) is 16.5. The number of phosphoric acid groups is 1. The lowest BCUT2D eigenvalue weighted by atomic mass is 10.0. The molecule has 0 aliphatic rings. The molecule has 0 aromatic carbocycles. The molecule has 2 atom stereocenters. The number of esters is 1. The van der Waals surface area contributed by atoms with E-state index in [-0.39, 0.29) is 32.3 Å². The first-order chi connectivity index (χ1) is 30.4. The Morgan fingerprint density at radius 3 is 1.31 bits per heavy atom. The van der Waals surface area contributed by atoms with Crippen molar-refractivity contribution in [3.05, 3.63) is 36.5 Å². The third-order valence-corrected chi connectivity index (χ3v) is 12.5. The number of rotatable bonds is 51. The van der Waals surface area contributed by atoms with E-state index in [1.54, 1.807) is 0 Å². The van der Waals surface area contributed by atoms with Crippen LogP contribution in [0.4, 0.5) is 0 Å². The highest BCUT2D eigenvalue weighted by atomic mass is 31.2. The van der Waals surface area contributed by atoms with Gasteiger partial charge < -0.3 is 20.1 Å². The number of unbranched alkanes of at least 4 members (excludes halogenated alkanes) is 32. The molecular formula is C53H102NO7P. The van der Waals surface area contributed by atoms with Crippen molar-refractivity contribution in [2.24, 2.45) is 5.73 Å². The molecule has 2 unspecified atom stereocenters. The van der Waals surface area contributed by atoms with Crippen molar-refractivity contribution in [3.63, 3.8) is 0 Å². The first kappa shape index (κ1) is 60.7. The second-order valence-electron chi connectivity index (χ2n) is 17.7. The van der Waals surface area contributed by atoms with Crippen LogP contribution in [0.25, 0.3) is 0 Å². The van der Waals surface area contributed by atoms with Gasteiger partial charge in [-0.1, -0.05) is 237 Å². The molecule has 0 aromatic rings. The molecule has 3 N–H and O–H groups in total. The van der Waals surface area contributed by atoms with E-state index in [1.807, 2.05) is 0 Å². The number of hydrogen-bond donors (Lipinski definition) is 2. The monoisotopic (exact) mass is 896 g/mol. The molecule has 62 heavy (non-hydrogen) atoms. The van der Waals surface area contributed by atoms with Crippen LogP contribution in [0.3, 0.4) is 0 Å². The maximum atomic E-state index is 12.7. The Morgan fingerprint density at radius 2 is 0.855 bits per heavy atom.